The van der Waals surface area contributed by atoms with Crippen LogP contribution in [0.15, 0.2) is 12.7 Å². The number of hydrogen-bond acceptors (Lipinski definition) is 1. The molecule has 1 aliphatic heterocycles. The fourth-order valence-corrected chi connectivity index (χ4v) is 1.73. The molecule has 1 aliphatic rings. The molecule has 0 amide bonds. The summed E-state index contributed by atoms with van der Waals surface area (Å²) in [7, 11) is 2.20. The van der Waals surface area contributed by atoms with Crippen LogP contribution < -0.4 is 0 Å². The van der Waals surface area contributed by atoms with E-state index in [0.717, 1.165) is 12.0 Å². The highest BCUT2D eigenvalue weighted by molar-refractivity contribution is 4.84. The third-order valence-electron chi connectivity index (χ3n) is 2.47. The minimum Gasteiger partial charge on any atom is -0.303 e. The fraction of sp³-hybridized carbons (Fsp3) is 0.778. The highest BCUT2D eigenvalue weighted by atomic mass is 15.1. The minimum atomic E-state index is 0.782. The lowest BCUT2D eigenvalue weighted by atomic mass is 10.0. The van der Waals surface area contributed by atoms with Gasteiger partial charge in [-0.1, -0.05) is 6.08 Å². The fourth-order valence-electron chi connectivity index (χ4n) is 1.73. The predicted molar refractivity (Wildman–Crippen MR) is 45.0 cm³/mol. The van der Waals surface area contributed by atoms with Gasteiger partial charge in [0.15, 0.2) is 0 Å². The van der Waals surface area contributed by atoms with Gasteiger partial charge in [0.2, 0.25) is 0 Å². The first-order valence-corrected chi connectivity index (χ1v) is 4.05. The second kappa shape index (κ2) is 3.20. The molecule has 1 unspecified atom stereocenters. The number of hydrogen-bond donors (Lipinski definition) is 0. The van der Waals surface area contributed by atoms with Gasteiger partial charge in [0.25, 0.3) is 0 Å². The number of likely N-dealkylation sites (tertiary alicyclic amines) is 1. The standard InChI is InChI=1S/C9H17N/c1-4-5-9-6-8(2)10(3)7-9/h4,8-9H,1,5-7H2,2-3H3/t8?,9-/m1/s1. The molecule has 1 rings (SSSR count). The van der Waals surface area contributed by atoms with Crippen molar-refractivity contribution in [1.29, 1.82) is 0 Å². The zero-order valence-electron chi connectivity index (χ0n) is 7.01. The topological polar surface area (TPSA) is 3.24 Å². The molecule has 0 aromatic heterocycles. The smallest absolute Gasteiger partial charge is 0.00672 e. The molecule has 2 atom stereocenters. The number of nitrogens with zero attached hydrogens (tertiary/aromatic N) is 1. The normalized spacial score (nSPS) is 34.6. The molecule has 0 aromatic carbocycles. The summed E-state index contributed by atoms with van der Waals surface area (Å²) in [5.74, 6) is 0.873. The molecular weight excluding hydrogens is 122 g/mol. The maximum atomic E-state index is 3.76. The van der Waals surface area contributed by atoms with Crippen LogP contribution in [-0.4, -0.2) is 24.5 Å². The van der Waals surface area contributed by atoms with Gasteiger partial charge in [-0.05, 0) is 32.7 Å². The van der Waals surface area contributed by atoms with Crippen molar-refractivity contribution in [1.82, 2.24) is 4.90 Å². The van der Waals surface area contributed by atoms with Crippen LogP contribution in [-0.2, 0) is 0 Å². The van der Waals surface area contributed by atoms with Crippen LogP contribution in [0.4, 0.5) is 0 Å². The molecular formula is C9H17N. The highest BCUT2D eigenvalue weighted by Gasteiger charge is 2.24. The molecule has 0 bridgehead atoms. The molecule has 58 valence electrons. The zero-order valence-corrected chi connectivity index (χ0v) is 7.01. The predicted octanol–water partition coefficient (Wildman–Crippen LogP) is 1.90. The Balaban J connectivity index is 2.33. The van der Waals surface area contributed by atoms with E-state index >= 15 is 0 Å². The van der Waals surface area contributed by atoms with E-state index in [0.29, 0.717) is 0 Å². The zero-order chi connectivity index (χ0) is 7.56. The summed E-state index contributed by atoms with van der Waals surface area (Å²) < 4.78 is 0. The summed E-state index contributed by atoms with van der Waals surface area (Å²) in [5.41, 5.74) is 0. The molecule has 1 fully saturated rings. The van der Waals surface area contributed by atoms with Gasteiger partial charge in [-0.3, -0.25) is 0 Å². The van der Waals surface area contributed by atoms with E-state index in [9.17, 15) is 0 Å². The van der Waals surface area contributed by atoms with Crippen LogP contribution in [0.2, 0.25) is 0 Å². The largest absolute Gasteiger partial charge is 0.303 e. The monoisotopic (exact) mass is 139 g/mol. The van der Waals surface area contributed by atoms with Gasteiger partial charge in [-0.25, -0.2) is 0 Å². The molecule has 1 saturated heterocycles. The van der Waals surface area contributed by atoms with E-state index in [1.807, 2.05) is 6.08 Å². The summed E-state index contributed by atoms with van der Waals surface area (Å²) in [6.07, 6.45) is 4.58. The van der Waals surface area contributed by atoms with Gasteiger partial charge in [-0.2, -0.15) is 0 Å². The second-order valence-electron chi connectivity index (χ2n) is 3.41. The first-order valence-electron chi connectivity index (χ1n) is 4.05. The summed E-state index contributed by atoms with van der Waals surface area (Å²) in [4.78, 5) is 2.42. The lowest BCUT2D eigenvalue weighted by molar-refractivity contribution is 0.325. The molecule has 0 aromatic rings. The van der Waals surface area contributed by atoms with Crippen molar-refractivity contribution >= 4 is 0 Å². The van der Waals surface area contributed by atoms with E-state index in [4.69, 9.17) is 0 Å². The Kier molecular flexibility index (Phi) is 2.50. The van der Waals surface area contributed by atoms with Crippen LogP contribution in [0.5, 0.6) is 0 Å². The van der Waals surface area contributed by atoms with Gasteiger partial charge in [0.05, 0.1) is 0 Å². The van der Waals surface area contributed by atoms with Crippen molar-refractivity contribution in [2.75, 3.05) is 13.6 Å². The van der Waals surface area contributed by atoms with E-state index < -0.39 is 0 Å². The maximum absolute atomic E-state index is 3.76. The van der Waals surface area contributed by atoms with Crippen LogP contribution in [0, 0.1) is 5.92 Å². The Bertz CT molecular complexity index is 110. The quantitative estimate of drug-likeness (QED) is 0.528. The molecule has 1 nitrogen and oxygen atoms in total. The molecule has 1 heteroatoms. The molecule has 0 saturated carbocycles. The average molecular weight is 139 g/mol. The van der Waals surface area contributed by atoms with Crippen molar-refractivity contribution in [3.05, 3.63) is 12.7 Å². The number of allylic oxidation sites excluding steroid dienone is 1. The third-order valence-corrected chi connectivity index (χ3v) is 2.47. The third kappa shape index (κ3) is 1.60. The summed E-state index contributed by atoms with van der Waals surface area (Å²) in [5, 5.41) is 0. The molecule has 1 heterocycles. The lowest BCUT2D eigenvalue weighted by Crippen LogP contribution is -2.21. The lowest BCUT2D eigenvalue weighted by Gasteiger charge is -2.12. The van der Waals surface area contributed by atoms with E-state index in [-0.39, 0.29) is 0 Å². The molecule has 0 N–H and O–H groups in total. The average Bonchev–Trinajstić information content (AvgIpc) is 2.14. The van der Waals surface area contributed by atoms with E-state index in [2.05, 4.69) is 25.5 Å². The summed E-state index contributed by atoms with van der Waals surface area (Å²) in [6.45, 7) is 7.31. The van der Waals surface area contributed by atoms with Crippen LogP contribution >= 0.6 is 0 Å². The van der Waals surface area contributed by atoms with Gasteiger partial charge >= 0.3 is 0 Å². The van der Waals surface area contributed by atoms with Gasteiger partial charge < -0.3 is 4.90 Å². The van der Waals surface area contributed by atoms with E-state index in [1.165, 1.54) is 19.4 Å². The van der Waals surface area contributed by atoms with Crippen LogP contribution in [0.1, 0.15) is 19.8 Å². The van der Waals surface area contributed by atoms with Crippen molar-refractivity contribution in [2.24, 2.45) is 5.92 Å². The Morgan fingerprint density at radius 1 is 1.70 bits per heavy atom. The number of rotatable bonds is 2. The minimum absolute atomic E-state index is 0.782. The van der Waals surface area contributed by atoms with Gasteiger partial charge in [-0.15, -0.1) is 6.58 Å². The summed E-state index contributed by atoms with van der Waals surface area (Å²) in [6, 6.07) is 0.782. The van der Waals surface area contributed by atoms with Crippen molar-refractivity contribution in [2.45, 2.75) is 25.8 Å². The summed E-state index contributed by atoms with van der Waals surface area (Å²) >= 11 is 0. The van der Waals surface area contributed by atoms with Gasteiger partial charge in [0.1, 0.15) is 0 Å². The van der Waals surface area contributed by atoms with Crippen molar-refractivity contribution < 1.29 is 0 Å². The molecule has 0 radical (unpaired) electrons. The Hall–Kier alpha value is -0.300. The maximum Gasteiger partial charge on any atom is 0.00672 e. The van der Waals surface area contributed by atoms with Crippen molar-refractivity contribution in [3.8, 4) is 0 Å². The Morgan fingerprint density at radius 2 is 2.40 bits per heavy atom. The first-order chi connectivity index (χ1) is 4.74. The Labute approximate surface area is 63.7 Å². The van der Waals surface area contributed by atoms with Crippen LogP contribution in [0.3, 0.4) is 0 Å². The molecule has 10 heavy (non-hydrogen) atoms. The molecule has 0 spiro atoms. The molecule has 0 aliphatic carbocycles. The SMILES string of the molecule is C=CC[C@@H]1CC(C)N(C)C1. The van der Waals surface area contributed by atoms with E-state index in [1.54, 1.807) is 0 Å². The second-order valence-corrected chi connectivity index (χ2v) is 3.41. The highest BCUT2D eigenvalue weighted by Crippen LogP contribution is 2.23. The van der Waals surface area contributed by atoms with Crippen LogP contribution in [0.25, 0.3) is 0 Å². The van der Waals surface area contributed by atoms with Gasteiger partial charge in [0, 0.05) is 12.6 Å². The first kappa shape index (κ1) is 7.80. The Morgan fingerprint density at radius 3 is 2.80 bits per heavy atom. The van der Waals surface area contributed by atoms with Crippen molar-refractivity contribution in [3.63, 3.8) is 0 Å².